The highest BCUT2D eigenvalue weighted by Crippen LogP contribution is 2.00. The topological polar surface area (TPSA) is 0 Å². The van der Waals surface area contributed by atoms with Crippen molar-refractivity contribution >= 4 is 0 Å². The van der Waals surface area contributed by atoms with Gasteiger partial charge in [0.2, 0.25) is 0 Å². The molecule has 0 radical (unpaired) electrons. The molecule has 0 saturated heterocycles. The van der Waals surface area contributed by atoms with Gasteiger partial charge in [-0.15, -0.1) is 6.58 Å². The van der Waals surface area contributed by atoms with Gasteiger partial charge in [-0.25, -0.2) is 0 Å². The molecule has 0 aliphatic heterocycles. The summed E-state index contributed by atoms with van der Waals surface area (Å²) in [6, 6.07) is 8.45. The Labute approximate surface area is 96.0 Å². The summed E-state index contributed by atoms with van der Waals surface area (Å²) in [7, 11) is 0. The van der Waals surface area contributed by atoms with Crippen molar-refractivity contribution in [1.29, 1.82) is 0 Å². The third-order valence-corrected chi connectivity index (χ3v) is 1.67. The van der Waals surface area contributed by atoms with Crippen molar-refractivity contribution in [2.24, 2.45) is 0 Å². The first-order valence-corrected chi connectivity index (χ1v) is 5.72. The van der Waals surface area contributed by atoms with E-state index in [4.69, 9.17) is 0 Å². The minimum Gasteiger partial charge on any atom is -0.103 e. The number of benzene rings is 1. The van der Waals surface area contributed by atoms with Crippen molar-refractivity contribution < 1.29 is 0 Å². The van der Waals surface area contributed by atoms with Gasteiger partial charge in [0, 0.05) is 0 Å². The summed E-state index contributed by atoms with van der Waals surface area (Å²) in [5.74, 6) is 0. The van der Waals surface area contributed by atoms with E-state index in [0.717, 1.165) is 0 Å². The first-order valence-electron chi connectivity index (χ1n) is 5.72. The lowest BCUT2D eigenvalue weighted by molar-refractivity contribution is 0.886. The van der Waals surface area contributed by atoms with Crippen molar-refractivity contribution in [1.82, 2.24) is 0 Å². The molecule has 0 heterocycles. The van der Waals surface area contributed by atoms with Crippen molar-refractivity contribution in [2.45, 2.75) is 47.5 Å². The molecule has 0 heteroatoms. The van der Waals surface area contributed by atoms with E-state index in [9.17, 15) is 0 Å². The van der Waals surface area contributed by atoms with E-state index in [1.54, 1.807) is 6.08 Å². The second kappa shape index (κ2) is 13.0. The number of aryl methyl sites for hydroxylation is 2. The number of rotatable bonds is 1. The summed E-state index contributed by atoms with van der Waals surface area (Å²) in [6.45, 7) is 13.8. The monoisotopic (exact) mass is 206 g/mol. The van der Waals surface area contributed by atoms with Gasteiger partial charge in [-0.3, -0.25) is 0 Å². The Hall–Kier alpha value is -1.04. The molecule has 0 aliphatic carbocycles. The fraction of sp³-hybridized carbons (Fsp3) is 0.467. The second-order valence-electron chi connectivity index (χ2n) is 3.57. The van der Waals surface area contributed by atoms with Crippen molar-refractivity contribution in [3.63, 3.8) is 0 Å². The molecule has 15 heavy (non-hydrogen) atoms. The third-order valence-electron chi connectivity index (χ3n) is 1.67. The molecule has 0 unspecified atom stereocenters. The van der Waals surface area contributed by atoms with Gasteiger partial charge in [0.25, 0.3) is 0 Å². The first-order chi connectivity index (χ1) is 7.12. The SMILES string of the molecule is C=CC.CCCC.Cc1cccc(C)c1. The van der Waals surface area contributed by atoms with E-state index >= 15 is 0 Å². The fourth-order valence-corrected chi connectivity index (χ4v) is 0.807. The Morgan fingerprint density at radius 3 is 1.53 bits per heavy atom. The molecule has 0 aromatic heterocycles. The largest absolute Gasteiger partial charge is 0.103 e. The zero-order valence-electron chi connectivity index (χ0n) is 11.0. The first kappa shape index (κ1) is 16.4. The lowest BCUT2D eigenvalue weighted by atomic mass is 10.2. The molecule has 86 valence electrons. The molecule has 1 aromatic carbocycles. The maximum absolute atomic E-state index is 3.36. The highest BCUT2D eigenvalue weighted by atomic mass is 13.9. The highest BCUT2D eigenvalue weighted by Gasteiger charge is 1.80. The molecule has 0 nitrogen and oxygen atoms in total. The number of unbranched alkanes of at least 4 members (excludes halogenated alkanes) is 1. The van der Waals surface area contributed by atoms with Crippen LogP contribution < -0.4 is 0 Å². The Morgan fingerprint density at radius 1 is 1.07 bits per heavy atom. The molecule has 0 amide bonds. The highest BCUT2D eigenvalue weighted by molar-refractivity contribution is 5.20. The van der Waals surface area contributed by atoms with Crippen LogP contribution in [0.25, 0.3) is 0 Å². The Bertz CT molecular complexity index is 216. The number of hydrogen-bond donors (Lipinski definition) is 0. The van der Waals surface area contributed by atoms with Crippen LogP contribution in [-0.4, -0.2) is 0 Å². The standard InChI is InChI=1S/C8H10.C4H10.C3H6/c1-7-4-3-5-8(2)6-7;1-3-4-2;1-3-2/h3-6H,1-2H3;3-4H2,1-2H3;3H,1H2,2H3. The van der Waals surface area contributed by atoms with E-state index in [-0.39, 0.29) is 0 Å². The van der Waals surface area contributed by atoms with Gasteiger partial charge in [0.1, 0.15) is 0 Å². The van der Waals surface area contributed by atoms with Crippen molar-refractivity contribution in [3.8, 4) is 0 Å². The Balaban J connectivity index is 0. The van der Waals surface area contributed by atoms with Crippen LogP contribution in [0, 0.1) is 13.8 Å². The van der Waals surface area contributed by atoms with Crippen LogP contribution in [0.5, 0.6) is 0 Å². The van der Waals surface area contributed by atoms with E-state index in [0.29, 0.717) is 0 Å². The van der Waals surface area contributed by atoms with E-state index < -0.39 is 0 Å². The summed E-state index contributed by atoms with van der Waals surface area (Å²) in [5.41, 5.74) is 2.68. The molecule has 0 spiro atoms. The molecular formula is C15H26. The van der Waals surface area contributed by atoms with Crippen LogP contribution in [0.15, 0.2) is 36.9 Å². The molecule has 0 atom stereocenters. The predicted molar refractivity (Wildman–Crippen MR) is 72.4 cm³/mol. The maximum Gasteiger partial charge on any atom is -0.0398 e. The van der Waals surface area contributed by atoms with Crippen LogP contribution in [0.3, 0.4) is 0 Å². The summed E-state index contributed by atoms with van der Waals surface area (Å²) < 4.78 is 0. The lowest BCUT2D eigenvalue weighted by Crippen LogP contribution is -1.71. The predicted octanol–water partition coefficient (Wildman–Crippen LogP) is 5.30. The van der Waals surface area contributed by atoms with Gasteiger partial charge in [0.15, 0.2) is 0 Å². The molecule has 1 rings (SSSR count). The lowest BCUT2D eigenvalue weighted by Gasteiger charge is -1.90. The zero-order valence-corrected chi connectivity index (χ0v) is 11.0. The summed E-state index contributed by atoms with van der Waals surface area (Å²) in [4.78, 5) is 0. The number of allylic oxidation sites excluding steroid dienone is 1. The van der Waals surface area contributed by atoms with Crippen LogP contribution in [-0.2, 0) is 0 Å². The smallest absolute Gasteiger partial charge is 0.0398 e. The summed E-state index contributed by atoms with van der Waals surface area (Å²) >= 11 is 0. The molecule has 0 fully saturated rings. The second-order valence-corrected chi connectivity index (χ2v) is 3.57. The number of hydrogen-bond acceptors (Lipinski definition) is 0. The molecule has 0 saturated carbocycles. The van der Waals surface area contributed by atoms with E-state index in [1.807, 2.05) is 6.92 Å². The molecular weight excluding hydrogens is 180 g/mol. The summed E-state index contributed by atoms with van der Waals surface area (Å²) in [6.07, 6.45) is 4.39. The van der Waals surface area contributed by atoms with Crippen LogP contribution in [0.1, 0.15) is 44.7 Å². The molecule has 0 bridgehead atoms. The van der Waals surface area contributed by atoms with Crippen molar-refractivity contribution in [2.75, 3.05) is 0 Å². The van der Waals surface area contributed by atoms with Gasteiger partial charge in [-0.05, 0) is 20.8 Å². The van der Waals surface area contributed by atoms with E-state index in [2.05, 4.69) is 58.5 Å². The third kappa shape index (κ3) is 15.7. The van der Waals surface area contributed by atoms with Gasteiger partial charge >= 0.3 is 0 Å². The van der Waals surface area contributed by atoms with Crippen LogP contribution >= 0.6 is 0 Å². The minimum absolute atomic E-state index is 1.32. The van der Waals surface area contributed by atoms with Gasteiger partial charge in [-0.2, -0.15) is 0 Å². The zero-order chi connectivity index (χ0) is 12.1. The Kier molecular flexibility index (Phi) is 14.2. The maximum atomic E-state index is 3.36. The molecule has 0 N–H and O–H groups in total. The Morgan fingerprint density at radius 2 is 1.40 bits per heavy atom. The quantitative estimate of drug-likeness (QED) is 0.547. The normalized spacial score (nSPS) is 7.80. The minimum atomic E-state index is 1.32. The van der Waals surface area contributed by atoms with Crippen molar-refractivity contribution in [3.05, 3.63) is 48.0 Å². The van der Waals surface area contributed by atoms with Gasteiger partial charge in [0.05, 0.1) is 0 Å². The fourth-order valence-electron chi connectivity index (χ4n) is 0.807. The molecule has 1 aromatic rings. The summed E-state index contributed by atoms with van der Waals surface area (Å²) in [5, 5.41) is 0. The van der Waals surface area contributed by atoms with Gasteiger partial charge < -0.3 is 0 Å². The average Bonchev–Trinajstić information content (AvgIpc) is 2.19. The average molecular weight is 206 g/mol. The van der Waals surface area contributed by atoms with Gasteiger partial charge in [-0.1, -0.05) is 68.2 Å². The van der Waals surface area contributed by atoms with Crippen LogP contribution in [0.4, 0.5) is 0 Å². The van der Waals surface area contributed by atoms with E-state index in [1.165, 1.54) is 24.0 Å². The molecule has 0 aliphatic rings. The van der Waals surface area contributed by atoms with Crippen LogP contribution in [0.2, 0.25) is 0 Å².